The van der Waals surface area contributed by atoms with Crippen molar-refractivity contribution in [2.75, 3.05) is 5.32 Å². The summed E-state index contributed by atoms with van der Waals surface area (Å²) in [6.07, 6.45) is -2.53. The number of benzene rings is 2. The van der Waals surface area contributed by atoms with Crippen molar-refractivity contribution in [3.63, 3.8) is 0 Å². The maximum absolute atomic E-state index is 13.3. The molecule has 1 fully saturated rings. The van der Waals surface area contributed by atoms with E-state index in [2.05, 4.69) is 19.8 Å². The average Bonchev–Trinajstić information content (AvgIpc) is 3.46. The lowest BCUT2D eigenvalue weighted by atomic mass is 9.94. The molecule has 5 rings (SSSR count). The van der Waals surface area contributed by atoms with Gasteiger partial charge in [-0.2, -0.15) is 0 Å². The zero-order valence-electron chi connectivity index (χ0n) is 16.5. The molecule has 3 aromatic rings. The molecule has 158 valence electrons. The molecule has 1 aliphatic heterocycles. The van der Waals surface area contributed by atoms with E-state index in [4.69, 9.17) is 0 Å². The van der Waals surface area contributed by atoms with Gasteiger partial charge in [-0.05, 0) is 61.2 Å². The number of pyridine rings is 1. The minimum absolute atomic E-state index is 0.0547. The summed E-state index contributed by atoms with van der Waals surface area (Å²) in [5.74, 6) is 0.0874. The molecule has 1 saturated carbocycles. The summed E-state index contributed by atoms with van der Waals surface area (Å²) in [7, 11) is 0. The lowest BCUT2D eigenvalue weighted by molar-refractivity contribution is -0.286. The van der Waals surface area contributed by atoms with Gasteiger partial charge in [0.2, 0.25) is 5.91 Å². The molecule has 1 amide bonds. The quantitative estimate of drug-likeness (QED) is 0.632. The number of aromatic nitrogens is 1. The minimum atomic E-state index is -3.70. The van der Waals surface area contributed by atoms with Crippen LogP contribution in [0.3, 0.4) is 0 Å². The molecule has 2 aromatic carbocycles. The second-order valence-corrected chi connectivity index (χ2v) is 7.78. The smallest absolute Gasteiger partial charge is 0.508 e. The normalized spacial score (nSPS) is 17.3. The zero-order valence-corrected chi connectivity index (χ0v) is 16.5. The van der Waals surface area contributed by atoms with Gasteiger partial charge in [-0.25, -0.2) is 4.98 Å². The third-order valence-electron chi connectivity index (χ3n) is 5.60. The number of fused-ring (bicyclic) bond motifs is 1. The van der Waals surface area contributed by atoms with Crippen LogP contribution in [0, 0.1) is 6.92 Å². The first kappa shape index (κ1) is 19.3. The molecule has 2 N–H and O–H groups in total. The Morgan fingerprint density at radius 1 is 1.06 bits per heavy atom. The number of aromatic hydroxyl groups is 1. The van der Waals surface area contributed by atoms with Crippen molar-refractivity contribution in [2.24, 2.45) is 0 Å². The van der Waals surface area contributed by atoms with Gasteiger partial charge in [-0.15, -0.1) is 8.78 Å². The molecule has 0 atom stereocenters. The van der Waals surface area contributed by atoms with Gasteiger partial charge < -0.3 is 19.9 Å². The zero-order chi connectivity index (χ0) is 21.8. The van der Waals surface area contributed by atoms with Crippen LogP contribution in [-0.2, 0) is 10.2 Å². The average molecular weight is 424 g/mol. The maximum atomic E-state index is 13.3. The second kappa shape index (κ2) is 6.66. The van der Waals surface area contributed by atoms with Crippen molar-refractivity contribution in [2.45, 2.75) is 31.5 Å². The van der Waals surface area contributed by atoms with Crippen LogP contribution in [0.1, 0.15) is 24.0 Å². The number of aryl methyl sites for hydroxylation is 1. The first-order chi connectivity index (χ1) is 14.8. The highest BCUT2D eigenvalue weighted by molar-refractivity contribution is 6.01. The number of carbonyl (C=O) groups is 1. The number of alkyl halides is 2. The van der Waals surface area contributed by atoms with Gasteiger partial charge >= 0.3 is 6.29 Å². The largest absolute Gasteiger partial charge is 0.586 e. The summed E-state index contributed by atoms with van der Waals surface area (Å²) in [4.78, 5) is 17.6. The second-order valence-electron chi connectivity index (χ2n) is 7.78. The van der Waals surface area contributed by atoms with Gasteiger partial charge in [0.05, 0.1) is 11.1 Å². The number of anilines is 1. The van der Waals surface area contributed by atoms with Crippen molar-refractivity contribution in [1.29, 1.82) is 0 Å². The van der Waals surface area contributed by atoms with Gasteiger partial charge in [0, 0.05) is 5.56 Å². The van der Waals surface area contributed by atoms with Crippen LogP contribution >= 0.6 is 0 Å². The molecule has 1 aliphatic carbocycles. The Kier molecular flexibility index (Phi) is 4.15. The van der Waals surface area contributed by atoms with Crippen LogP contribution in [0.2, 0.25) is 0 Å². The molecular formula is C23H18F2N2O4. The molecule has 2 heterocycles. The fourth-order valence-corrected chi connectivity index (χ4v) is 3.80. The van der Waals surface area contributed by atoms with Crippen molar-refractivity contribution >= 4 is 11.7 Å². The molecule has 1 aromatic heterocycles. The highest BCUT2D eigenvalue weighted by Gasteiger charge is 2.53. The standard InChI is InChI=1S/C23H18F2N2O4/c1-13-5-8-19(26-20(13)14-3-2-4-16(28)11-14)27-21(29)22(9-10-22)15-6-7-17-18(12-15)31-23(24,25)30-17/h2-8,11-12,28H,9-10H2,1H3,(H,26,27,29). The van der Waals surface area contributed by atoms with Gasteiger partial charge in [0.15, 0.2) is 11.5 Å². The van der Waals surface area contributed by atoms with E-state index in [1.54, 1.807) is 30.3 Å². The predicted molar refractivity (Wildman–Crippen MR) is 108 cm³/mol. The third kappa shape index (κ3) is 3.43. The Morgan fingerprint density at radius 3 is 2.58 bits per heavy atom. The van der Waals surface area contributed by atoms with Crippen LogP contribution in [0.15, 0.2) is 54.6 Å². The lowest BCUT2D eigenvalue weighted by Gasteiger charge is -2.17. The summed E-state index contributed by atoms with van der Waals surface area (Å²) in [5, 5.41) is 12.6. The summed E-state index contributed by atoms with van der Waals surface area (Å²) < 4.78 is 35.6. The maximum Gasteiger partial charge on any atom is 0.586 e. The molecular weight excluding hydrogens is 406 g/mol. The first-order valence-corrected chi connectivity index (χ1v) is 9.75. The molecule has 0 radical (unpaired) electrons. The van der Waals surface area contributed by atoms with E-state index in [1.165, 1.54) is 12.1 Å². The fourth-order valence-electron chi connectivity index (χ4n) is 3.80. The Bertz CT molecular complexity index is 1210. The van der Waals surface area contributed by atoms with Crippen LogP contribution in [-0.4, -0.2) is 22.3 Å². The molecule has 8 heteroatoms. The van der Waals surface area contributed by atoms with E-state index in [0.29, 0.717) is 29.9 Å². The van der Waals surface area contributed by atoms with E-state index in [0.717, 1.165) is 11.1 Å². The van der Waals surface area contributed by atoms with Crippen LogP contribution in [0.25, 0.3) is 11.3 Å². The predicted octanol–water partition coefficient (Wildman–Crippen LogP) is 4.75. The van der Waals surface area contributed by atoms with E-state index in [9.17, 15) is 18.7 Å². The summed E-state index contributed by atoms with van der Waals surface area (Å²) in [5.41, 5.74) is 2.02. The van der Waals surface area contributed by atoms with Gasteiger partial charge in [0.25, 0.3) is 0 Å². The number of carbonyl (C=O) groups excluding carboxylic acids is 1. The summed E-state index contributed by atoms with van der Waals surface area (Å²) in [6.45, 7) is 1.89. The Balaban J connectivity index is 1.40. The topological polar surface area (TPSA) is 80.7 Å². The number of nitrogens with one attached hydrogen (secondary N) is 1. The van der Waals surface area contributed by atoms with E-state index in [-0.39, 0.29) is 23.2 Å². The minimum Gasteiger partial charge on any atom is -0.508 e. The highest BCUT2D eigenvalue weighted by atomic mass is 19.3. The summed E-state index contributed by atoms with van der Waals surface area (Å²) >= 11 is 0. The Labute approximate surface area is 176 Å². The summed E-state index contributed by atoms with van der Waals surface area (Å²) in [6, 6.07) is 14.7. The third-order valence-corrected chi connectivity index (χ3v) is 5.60. The van der Waals surface area contributed by atoms with Crippen LogP contribution in [0.5, 0.6) is 17.2 Å². The Hall–Kier alpha value is -3.68. The monoisotopic (exact) mass is 424 g/mol. The molecule has 0 saturated heterocycles. The highest BCUT2D eigenvalue weighted by Crippen LogP contribution is 2.52. The van der Waals surface area contributed by atoms with E-state index < -0.39 is 11.7 Å². The Morgan fingerprint density at radius 2 is 1.84 bits per heavy atom. The van der Waals surface area contributed by atoms with Crippen molar-refractivity contribution < 1.29 is 28.2 Å². The number of hydrogen-bond acceptors (Lipinski definition) is 5. The first-order valence-electron chi connectivity index (χ1n) is 9.75. The molecule has 0 bridgehead atoms. The van der Waals surface area contributed by atoms with Gasteiger partial charge in [-0.1, -0.05) is 24.3 Å². The lowest BCUT2D eigenvalue weighted by Crippen LogP contribution is -2.28. The fraction of sp³-hybridized carbons (Fsp3) is 0.217. The van der Waals surface area contributed by atoms with Crippen LogP contribution < -0.4 is 14.8 Å². The number of phenolic OH excluding ortho intramolecular Hbond substituents is 1. The number of phenols is 1. The van der Waals surface area contributed by atoms with Crippen LogP contribution in [0.4, 0.5) is 14.6 Å². The number of halogens is 2. The number of hydrogen-bond donors (Lipinski definition) is 2. The van der Waals surface area contributed by atoms with E-state index in [1.807, 2.05) is 19.1 Å². The molecule has 6 nitrogen and oxygen atoms in total. The number of rotatable bonds is 4. The number of ether oxygens (including phenoxy) is 2. The molecule has 31 heavy (non-hydrogen) atoms. The number of amides is 1. The van der Waals surface area contributed by atoms with E-state index >= 15 is 0 Å². The van der Waals surface area contributed by atoms with Crippen molar-refractivity contribution in [1.82, 2.24) is 4.98 Å². The SMILES string of the molecule is Cc1ccc(NC(=O)C2(c3ccc4c(c3)OC(F)(F)O4)CC2)nc1-c1cccc(O)c1. The van der Waals surface area contributed by atoms with Crippen molar-refractivity contribution in [3.05, 3.63) is 65.7 Å². The van der Waals surface area contributed by atoms with Gasteiger partial charge in [0.1, 0.15) is 11.6 Å². The van der Waals surface area contributed by atoms with Crippen molar-refractivity contribution in [3.8, 4) is 28.5 Å². The number of nitrogens with zero attached hydrogens (tertiary/aromatic N) is 1. The van der Waals surface area contributed by atoms with Gasteiger partial charge in [-0.3, -0.25) is 4.79 Å². The molecule has 0 unspecified atom stereocenters. The molecule has 2 aliphatic rings. The molecule has 0 spiro atoms.